The Morgan fingerprint density at radius 1 is 1.00 bits per heavy atom. The molecule has 1 amide bonds. The first-order chi connectivity index (χ1) is 14.9. The Labute approximate surface area is 181 Å². The van der Waals surface area contributed by atoms with Gasteiger partial charge < -0.3 is 23.0 Å². The third-order valence-corrected chi connectivity index (χ3v) is 5.71. The summed E-state index contributed by atoms with van der Waals surface area (Å²) < 4.78 is 46.3. The molecular weight excluding hydrogens is 422 g/mol. The molecule has 0 saturated heterocycles. The van der Waals surface area contributed by atoms with E-state index in [1.165, 1.54) is 49.6 Å². The van der Waals surface area contributed by atoms with Crippen LogP contribution in [0.5, 0.6) is 11.5 Å². The lowest BCUT2D eigenvalue weighted by Gasteiger charge is -2.22. The summed E-state index contributed by atoms with van der Waals surface area (Å²) in [4.78, 5) is 14.3. The van der Waals surface area contributed by atoms with Crippen LogP contribution in [0.15, 0.2) is 76.2 Å². The lowest BCUT2D eigenvalue weighted by atomic mass is 10.2. The van der Waals surface area contributed by atoms with Gasteiger partial charge in [-0.15, -0.1) is 0 Å². The van der Waals surface area contributed by atoms with Crippen LogP contribution in [0.1, 0.15) is 16.1 Å². The van der Waals surface area contributed by atoms with E-state index in [1.807, 2.05) is 0 Å². The zero-order chi connectivity index (χ0) is 22.3. The standard InChI is InChI=1S/C22H23NO7S/c1-27-15-13-23(22(24)21-8-5-14-29-21)16-17-6-3-4-7-20(17)30-31(25,26)19-11-9-18(28-2)10-12-19/h3-12,14H,13,15-16H2,1-2H3. The van der Waals surface area contributed by atoms with Gasteiger partial charge >= 0.3 is 10.1 Å². The molecule has 1 heterocycles. The monoisotopic (exact) mass is 445 g/mol. The highest BCUT2D eigenvalue weighted by atomic mass is 32.2. The predicted octanol–water partition coefficient (Wildman–Crippen LogP) is 3.34. The molecule has 0 saturated carbocycles. The van der Waals surface area contributed by atoms with E-state index in [-0.39, 0.29) is 35.4 Å². The molecule has 0 atom stereocenters. The third-order valence-electron chi connectivity index (χ3n) is 4.47. The van der Waals surface area contributed by atoms with Crippen LogP contribution in [0, 0.1) is 0 Å². The molecule has 0 spiro atoms. The van der Waals surface area contributed by atoms with Crippen molar-refractivity contribution in [2.24, 2.45) is 0 Å². The SMILES string of the molecule is COCCN(Cc1ccccc1OS(=O)(=O)c1ccc(OC)cc1)C(=O)c1ccco1. The fourth-order valence-corrected chi connectivity index (χ4v) is 3.80. The molecule has 8 nitrogen and oxygen atoms in total. The van der Waals surface area contributed by atoms with Gasteiger partial charge in [0.1, 0.15) is 16.4 Å². The van der Waals surface area contributed by atoms with E-state index in [2.05, 4.69) is 0 Å². The van der Waals surface area contributed by atoms with Crippen LogP contribution in [0.25, 0.3) is 0 Å². The van der Waals surface area contributed by atoms with Gasteiger partial charge in [-0.05, 0) is 42.5 Å². The van der Waals surface area contributed by atoms with Crippen LogP contribution in [-0.2, 0) is 21.4 Å². The van der Waals surface area contributed by atoms with Crippen LogP contribution >= 0.6 is 0 Å². The molecule has 0 aliphatic carbocycles. The Morgan fingerprint density at radius 2 is 1.74 bits per heavy atom. The molecular formula is C22H23NO7S. The largest absolute Gasteiger partial charge is 0.497 e. The van der Waals surface area contributed by atoms with Crippen LogP contribution < -0.4 is 8.92 Å². The molecule has 0 fully saturated rings. The number of nitrogens with zero attached hydrogens (tertiary/aromatic N) is 1. The number of furan rings is 1. The summed E-state index contributed by atoms with van der Waals surface area (Å²) in [6.45, 7) is 0.701. The highest BCUT2D eigenvalue weighted by Gasteiger charge is 2.22. The Hall–Kier alpha value is -3.30. The Morgan fingerprint density at radius 3 is 2.39 bits per heavy atom. The van der Waals surface area contributed by atoms with E-state index in [0.29, 0.717) is 17.9 Å². The normalized spacial score (nSPS) is 11.2. The lowest BCUT2D eigenvalue weighted by molar-refractivity contribution is 0.0648. The van der Waals surface area contributed by atoms with Crippen molar-refractivity contribution in [2.75, 3.05) is 27.4 Å². The minimum absolute atomic E-state index is 0.00833. The van der Waals surface area contributed by atoms with Gasteiger partial charge in [0.25, 0.3) is 5.91 Å². The fourth-order valence-electron chi connectivity index (χ4n) is 2.84. The number of para-hydroxylation sites is 1. The lowest BCUT2D eigenvalue weighted by Crippen LogP contribution is -2.33. The number of carbonyl (C=O) groups is 1. The number of carbonyl (C=O) groups excluding carboxylic acids is 1. The van der Waals surface area contributed by atoms with Gasteiger partial charge in [-0.3, -0.25) is 4.79 Å². The number of benzene rings is 2. The molecule has 0 N–H and O–H groups in total. The van der Waals surface area contributed by atoms with Gasteiger partial charge in [-0.1, -0.05) is 18.2 Å². The summed E-state index contributed by atoms with van der Waals surface area (Å²) >= 11 is 0. The summed E-state index contributed by atoms with van der Waals surface area (Å²) in [5.41, 5.74) is 0.524. The van der Waals surface area contributed by atoms with Crippen LogP contribution in [0.4, 0.5) is 0 Å². The van der Waals surface area contributed by atoms with Crippen molar-refractivity contribution in [3.63, 3.8) is 0 Å². The second-order valence-electron chi connectivity index (χ2n) is 6.52. The maximum absolute atomic E-state index is 12.8. The first kappa shape index (κ1) is 22.4. The molecule has 2 aromatic carbocycles. The smallest absolute Gasteiger partial charge is 0.339 e. The highest BCUT2D eigenvalue weighted by Crippen LogP contribution is 2.26. The average Bonchev–Trinajstić information content (AvgIpc) is 3.32. The van der Waals surface area contributed by atoms with Crippen LogP contribution in [0.3, 0.4) is 0 Å². The molecule has 3 aromatic rings. The van der Waals surface area contributed by atoms with Crippen molar-refractivity contribution in [1.82, 2.24) is 4.90 Å². The van der Waals surface area contributed by atoms with Crippen molar-refractivity contribution in [3.8, 4) is 11.5 Å². The molecule has 31 heavy (non-hydrogen) atoms. The fraction of sp³-hybridized carbons (Fsp3) is 0.227. The molecule has 3 rings (SSSR count). The molecule has 0 radical (unpaired) electrons. The predicted molar refractivity (Wildman–Crippen MR) is 113 cm³/mol. The van der Waals surface area contributed by atoms with Gasteiger partial charge in [-0.2, -0.15) is 8.42 Å². The Balaban J connectivity index is 1.84. The van der Waals surface area contributed by atoms with Crippen molar-refractivity contribution < 1.29 is 31.3 Å². The molecule has 164 valence electrons. The highest BCUT2D eigenvalue weighted by molar-refractivity contribution is 7.87. The van der Waals surface area contributed by atoms with Gasteiger partial charge in [-0.25, -0.2) is 0 Å². The zero-order valence-electron chi connectivity index (χ0n) is 17.2. The maximum Gasteiger partial charge on any atom is 0.339 e. The Kier molecular flexibility index (Phi) is 7.32. The van der Waals surface area contributed by atoms with Crippen LogP contribution in [-0.4, -0.2) is 46.6 Å². The number of amides is 1. The van der Waals surface area contributed by atoms with E-state index in [0.717, 1.165) is 0 Å². The summed E-state index contributed by atoms with van der Waals surface area (Å²) in [6.07, 6.45) is 1.42. The second kappa shape index (κ2) is 10.1. The first-order valence-corrected chi connectivity index (χ1v) is 10.8. The number of rotatable bonds is 10. The molecule has 0 aliphatic heterocycles. The number of hydrogen-bond acceptors (Lipinski definition) is 7. The minimum Gasteiger partial charge on any atom is -0.497 e. The number of ether oxygens (including phenoxy) is 2. The van der Waals surface area contributed by atoms with Gasteiger partial charge in [0, 0.05) is 25.8 Å². The van der Waals surface area contributed by atoms with Crippen LogP contribution in [0.2, 0.25) is 0 Å². The molecule has 0 aliphatic rings. The number of methoxy groups -OCH3 is 2. The van der Waals surface area contributed by atoms with E-state index < -0.39 is 10.1 Å². The first-order valence-electron chi connectivity index (χ1n) is 9.43. The van der Waals surface area contributed by atoms with Crippen molar-refractivity contribution >= 4 is 16.0 Å². The summed E-state index contributed by atoms with van der Waals surface area (Å²) in [7, 11) is -1.05. The topological polar surface area (TPSA) is 95.3 Å². The third kappa shape index (κ3) is 5.65. The number of hydrogen-bond donors (Lipinski definition) is 0. The second-order valence-corrected chi connectivity index (χ2v) is 8.06. The molecule has 1 aromatic heterocycles. The minimum atomic E-state index is -4.08. The van der Waals surface area contributed by atoms with Gasteiger partial charge in [0.15, 0.2) is 5.76 Å². The van der Waals surface area contributed by atoms with Crippen molar-refractivity contribution in [3.05, 3.63) is 78.3 Å². The van der Waals surface area contributed by atoms with E-state index in [9.17, 15) is 13.2 Å². The molecule has 0 bridgehead atoms. The zero-order valence-corrected chi connectivity index (χ0v) is 18.0. The van der Waals surface area contributed by atoms with Crippen molar-refractivity contribution in [2.45, 2.75) is 11.4 Å². The van der Waals surface area contributed by atoms with E-state index in [4.69, 9.17) is 18.1 Å². The Bertz CT molecular complexity index is 1090. The maximum atomic E-state index is 12.8. The van der Waals surface area contributed by atoms with Gasteiger partial charge in [0.2, 0.25) is 0 Å². The summed E-state index contributed by atoms with van der Waals surface area (Å²) in [6, 6.07) is 15.7. The van der Waals surface area contributed by atoms with Crippen molar-refractivity contribution in [1.29, 1.82) is 0 Å². The molecule has 9 heteroatoms. The quantitative estimate of drug-likeness (QED) is 0.442. The van der Waals surface area contributed by atoms with E-state index >= 15 is 0 Å². The van der Waals surface area contributed by atoms with E-state index in [1.54, 1.807) is 36.4 Å². The van der Waals surface area contributed by atoms with Gasteiger partial charge in [0.05, 0.1) is 20.0 Å². The molecule has 0 unspecified atom stereocenters. The summed E-state index contributed by atoms with van der Waals surface area (Å²) in [5.74, 6) is 0.507. The average molecular weight is 445 g/mol. The summed E-state index contributed by atoms with van der Waals surface area (Å²) in [5, 5.41) is 0.